The molecule has 1 aromatic carbocycles. The number of amides is 1. The van der Waals surface area contributed by atoms with Crippen molar-refractivity contribution in [3.05, 3.63) is 47.2 Å². The Morgan fingerprint density at radius 2 is 1.91 bits per heavy atom. The Hall–Kier alpha value is -2.81. The third kappa shape index (κ3) is 4.58. The molecule has 0 spiro atoms. The number of ether oxygens (including phenoxy) is 2. The standard InChI is InChI=1S/C26H30F3N3O3/c1-25(2)12-17-10-16(18-11-20(26(27,28)29)23(34-3)30-13-18)4-5-19(17)22(25)31-24(33)35-21-14-32-8-6-15(21)7-9-32/h4-5,10-11,13,15,21-22H,6-9,12,14H2,1-3H3,(H,31,33)/t21-,22?/m0/s1. The summed E-state index contributed by atoms with van der Waals surface area (Å²) in [4.78, 5) is 19.1. The minimum atomic E-state index is -4.57. The maximum Gasteiger partial charge on any atom is 0.421 e. The summed E-state index contributed by atoms with van der Waals surface area (Å²) < 4.78 is 51.0. The quantitative estimate of drug-likeness (QED) is 0.638. The number of hydrogen-bond acceptors (Lipinski definition) is 5. The average molecular weight is 490 g/mol. The zero-order valence-corrected chi connectivity index (χ0v) is 20.1. The summed E-state index contributed by atoms with van der Waals surface area (Å²) in [5, 5.41) is 3.08. The van der Waals surface area contributed by atoms with Gasteiger partial charge in [0, 0.05) is 18.3 Å². The van der Waals surface area contributed by atoms with E-state index in [9.17, 15) is 18.0 Å². The average Bonchev–Trinajstić information content (AvgIpc) is 3.07. The second-order valence-corrected chi connectivity index (χ2v) is 10.5. The first-order valence-corrected chi connectivity index (χ1v) is 12.0. The number of aromatic nitrogens is 1. The summed E-state index contributed by atoms with van der Waals surface area (Å²) in [6.45, 7) is 7.09. The van der Waals surface area contributed by atoms with E-state index in [4.69, 9.17) is 9.47 Å². The van der Waals surface area contributed by atoms with Gasteiger partial charge in [-0.05, 0) is 66.4 Å². The van der Waals surface area contributed by atoms with Crippen LogP contribution in [0.5, 0.6) is 5.88 Å². The van der Waals surface area contributed by atoms with Crippen molar-refractivity contribution < 1.29 is 27.4 Å². The summed E-state index contributed by atoms with van der Waals surface area (Å²) in [6, 6.07) is 6.36. The number of carbonyl (C=O) groups is 1. The first-order valence-electron chi connectivity index (χ1n) is 12.0. The molecule has 4 aliphatic rings. The third-order valence-corrected chi connectivity index (χ3v) is 7.68. The third-order valence-electron chi connectivity index (χ3n) is 7.68. The molecule has 2 bridgehead atoms. The van der Waals surface area contributed by atoms with Gasteiger partial charge in [0.15, 0.2) is 0 Å². The fourth-order valence-corrected chi connectivity index (χ4v) is 5.82. The predicted octanol–water partition coefficient (Wildman–Crippen LogP) is 5.22. The largest absolute Gasteiger partial charge is 0.481 e. The highest BCUT2D eigenvalue weighted by Gasteiger charge is 2.42. The van der Waals surface area contributed by atoms with Crippen molar-refractivity contribution >= 4 is 6.09 Å². The molecule has 188 valence electrons. The Morgan fingerprint density at radius 1 is 1.17 bits per heavy atom. The molecule has 0 saturated carbocycles. The molecule has 6 rings (SSSR count). The number of pyridine rings is 1. The molecule has 1 amide bonds. The molecule has 9 heteroatoms. The van der Waals surface area contributed by atoms with Gasteiger partial charge >= 0.3 is 12.3 Å². The molecular formula is C26H30F3N3O3. The smallest absolute Gasteiger partial charge is 0.421 e. The minimum Gasteiger partial charge on any atom is -0.481 e. The second-order valence-electron chi connectivity index (χ2n) is 10.5. The molecule has 4 heterocycles. The lowest BCUT2D eigenvalue weighted by atomic mass is 9.85. The predicted molar refractivity (Wildman–Crippen MR) is 124 cm³/mol. The van der Waals surface area contributed by atoms with E-state index in [1.165, 1.54) is 13.3 Å². The normalized spacial score (nSPS) is 26.8. The number of hydrogen-bond donors (Lipinski definition) is 1. The fraction of sp³-hybridized carbons (Fsp3) is 0.538. The van der Waals surface area contributed by atoms with Crippen molar-refractivity contribution in [3.63, 3.8) is 0 Å². The highest BCUT2D eigenvalue weighted by atomic mass is 19.4. The van der Waals surface area contributed by atoms with Crippen LogP contribution in [0.1, 0.15) is 49.4 Å². The number of halogens is 3. The number of alkyl halides is 3. The Labute approximate surface area is 202 Å². The summed E-state index contributed by atoms with van der Waals surface area (Å²) in [5.41, 5.74) is 1.76. The summed E-state index contributed by atoms with van der Waals surface area (Å²) in [7, 11) is 1.17. The lowest BCUT2D eigenvalue weighted by Gasteiger charge is -2.44. The molecule has 35 heavy (non-hydrogen) atoms. The molecule has 0 radical (unpaired) electrons. The molecular weight excluding hydrogens is 459 g/mol. The molecule has 3 fully saturated rings. The van der Waals surface area contributed by atoms with Crippen molar-refractivity contribution in [2.45, 2.75) is 51.4 Å². The van der Waals surface area contributed by atoms with Gasteiger partial charge in [0.2, 0.25) is 5.88 Å². The topological polar surface area (TPSA) is 63.7 Å². The Bertz CT molecular complexity index is 1130. The van der Waals surface area contributed by atoms with Crippen molar-refractivity contribution in [3.8, 4) is 17.0 Å². The second kappa shape index (κ2) is 8.69. The summed E-state index contributed by atoms with van der Waals surface area (Å²) in [5.74, 6) is -0.0221. The summed E-state index contributed by atoms with van der Waals surface area (Å²) >= 11 is 0. The Balaban J connectivity index is 1.36. The lowest BCUT2D eigenvalue weighted by Crippen LogP contribution is -2.53. The minimum absolute atomic E-state index is 0.0748. The van der Waals surface area contributed by atoms with Crippen LogP contribution in [-0.4, -0.2) is 48.8 Å². The van der Waals surface area contributed by atoms with Gasteiger partial charge in [0.25, 0.3) is 0 Å². The van der Waals surface area contributed by atoms with E-state index < -0.39 is 23.7 Å². The van der Waals surface area contributed by atoms with Crippen LogP contribution in [0.2, 0.25) is 0 Å². The maximum atomic E-state index is 13.5. The van der Waals surface area contributed by atoms with Gasteiger partial charge in [-0.15, -0.1) is 0 Å². The van der Waals surface area contributed by atoms with Crippen LogP contribution < -0.4 is 10.1 Å². The number of alkyl carbamates (subject to hydrolysis) is 1. The molecule has 3 aliphatic heterocycles. The Morgan fingerprint density at radius 3 is 2.54 bits per heavy atom. The zero-order valence-electron chi connectivity index (χ0n) is 20.1. The van der Waals surface area contributed by atoms with Crippen molar-refractivity contribution in [1.82, 2.24) is 15.2 Å². The number of rotatable bonds is 4. The van der Waals surface area contributed by atoms with Gasteiger partial charge in [-0.2, -0.15) is 13.2 Å². The molecule has 1 aliphatic carbocycles. The first kappa shape index (κ1) is 23.9. The van der Waals surface area contributed by atoms with E-state index >= 15 is 0 Å². The first-order chi connectivity index (χ1) is 16.5. The number of nitrogens with zero attached hydrogens (tertiary/aromatic N) is 2. The monoisotopic (exact) mass is 489 g/mol. The molecule has 2 aromatic rings. The van der Waals surface area contributed by atoms with Gasteiger partial charge in [0.05, 0.1) is 13.2 Å². The van der Waals surface area contributed by atoms with E-state index in [2.05, 4.69) is 29.0 Å². The van der Waals surface area contributed by atoms with E-state index in [0.29, 0.717) is 23.5 Å². The number of fused-ring (bicyclic) bond motifs is 4. The van der Waals surface area contributed by atoms with E-state index in [1.807, 2.05) is 12.1 Å². The molecule has 3 saturated heterocycles. The molecule has 1 aromatic heterocycles. The van der Waals surface area contributed by atoms with Crippen LogP contribution in [0.25, 0.3) is 11.1 Å². The van der Waals surface area contributed by atoms with Crippen LogP contribution in [0.3, 0.4) is 0 Å². The fourth-order valence-electron chi connectivity index (χ4n) is 5.82. The van der Waals surface area contributed by atoms with Crippen LogP contribution in [-0.2, 0) is 17.3 Å². The molecule has 1 N–H and O–H groups in total. The van der Waals surface area contributed by atoms with Gasteiger partial charge < -0.3 is 14.8 Å². The van der Waals surface area contributed by atoms with Crippen molar-refractivity contribution in [1.29, 1.82) is 0 Å². The lowest BCUT2D eigenvalue weighted by molar-refractivity contribution is -0.139. The van der Waals surface area contributed by atoms with Crippen LogP contribution in [0, 0.1) is 11.3 Å². The molecule has 2 atom stereocenters. The maximum absolute atomic E-state index is 13.5. The van der Waals surface area contributed by atoms with Crippen LogP contribution in [0.15, 0.2) is 30.5 Å². The van der Waals surface area contributed by atoms with Crippen molar-refractivity contribution in [2.24, 2.45) is 11.3 Å². The van der Waals surface area contributed by atoms with E-state index in [0.717, 1.165) is 49.7 Å². The zero-order chi connectivity index (χ0) is 25.0. The number of methoxy groups -OCH3 is 1. The highest BCUT2D eigenvalue weighted by molar-refractivity contribution is 5.70. The number of nitrogens with one attached hydrogen (secondary N) is 1. The van der Waals surface area contributed by atoms with Gasteiger partial charge in [0.1, 0.15) is 11.7 Å². The Kier molecular flexibility index (Phi) is 5.94. The van der Waals surface area contributed by atoms with Crippen LogP contribution >= 0.6 is 0 Å². The van der Waals surface area contributed by atoms with E-state index in [1.54, 1.807) is 6.07 Å². The highest BCUT2D eigenvalue weighted by Crippen LogP contribution is 2.47. The molecule has 6 nitrogen and oxygen atoms in total. The molecule has 1 unspecified atom stereocenters. The van der Waals surface area contributed by atoms with Crippen LogP contribution in [0.4, 0.5) is 18.0 Å². The summed E-state index contributed by atoms with van der Waals surface area (Å²) in [6.07, 6.45) is -0.865. The van der Waals surface area contributed by atoms with Crippen molar-refractivity contribution in [2.75, 3.05) is 26.7 Å². The van der Waals surface area contributed by atoms with Gasteiger partial charge in [-0.1, -0.05) is 32.0 Å². The number of piperidine rings is 3. The number of carbonyl (C=O) groups excluding carboxylic acids is 1. The SMILES string of the molecule is COc1ncc(-c2ccc3c(c2)CC(C)(C)C3NC(=O)O[C@H]2CN3CCC2CC3)cc1C(F)(F)F. The number of benzene rings is 1. The van der Waals surface area contributed by atoms with Gasteiger partial charge in [-0.25, -0.2) is 9.78 Å². The van der Waals surface area contributed by atoms with E-state index in [-0.39, 0.29) is 17.6 Å². The van der Waals surface area contributed by atoms with Gasteiger partial charge in [-0.3, -0.25) is 4.90 Å².